The van der Waals surface area contributed by atoms with E-state index in [0.717, 1.165) is 17.7 Å². The standard InChI is InChI=1S/C23H24F3O4Se/c1-13-3-4-16(14(2)22(29)30)10-17(21(31)12-19(27)9-13)11-20(28)15-5-7-18(8-6-15)23(24,25)26/h5,7-9,12,15-17H,2-4,6,10-11H2,1H3,(H,29,30)/b13-9+,21-12+/t15?,16-,17-/m1/s1. The number of hydrogen-bond acceptors (Lipinski definition) is 3. The predicted octanol–water partition coefficient (Wildman–Crippen LogP) is 4.64. The van der Waals surface area contributed by atoms with Crippen LogP contribution in [-0.4, -0.2) is 44.8 Å². The van der Waals surface area contributed by atoms with Crippen molar-refractivity contribution in [3.63, 3.8) is 0 Å². The first kappa shape index (κ1) is 25.1. The van der Waals surface area contributed by atoms with E-state index in [0.29, 0.717) is 23.7 Å². The molecule has 2 aliphatic carbocycles. The minimum absolute atomic E-state index is 0.0115. The summed E-state index contributed by atoms with van der Waals surface area (Å²) in [4.78, 5) is 36.5. The Bertz CT molecular complexity index is 893. The van der Waals surface area contributed by atoms with E-state index in [9.17, 15) is 32.7 Å². The summed E-state index contributed by atoms with van der Waals surface area (Å²) < 4.78 is 38.9. The molecule has 1 unspecified atom stereocenters. The second-order valence-corrected chi connectivity index (χ2v) is 8.96. The Hall–Kier alpha value is -2.18. The molecule has 0 spiro atoms. The second kappa shape index (κ2) is 10.4. The van der Waals surface area contributed by atoms with Crippen LogP contribution in [0.2, 0.25) is 0 Å². The van der Waals surface area contributed by atoms with Gasteiger partial charge in [-0.3, -0.25) is 0 Å². The number of halogens is 3. The first-order valence-corrected chi connectivity index (χ1v) is 10.7. The molecule has 2 aliphatic rings. The van der Waals surface area contributed by atoms with Gasteiger partial charge in [-0.1, -0.05) is 0 Å². The summed E-state index contributed by atoms with van der Waals surface area (Å²) in [7, 11) is 0. The van der Waals surface area contributed by atoms with Crippen LogP contribution in [0, 0.1) is 17.8 Å². The Morgan fingerprint density at radius 3 is 2.52 bits per heavy atom. The van der Waals surface area contributed by atoms with Crippen LogP contribution < -0.4 is 0 Å². The molecule has 3 atom stereocenters. The summed E-state index contributed by atoms with van der Waals surface area (Å²) in [6, 6.07) is 0. The number of Topliss-reactive ketones (excluding diaryl/α,β-unsaturated/α-hetero) is 1. The van der Waals surface area contributed by atoms with Gasteiger partial charge in [0.2, 0.25) is 0 Å². The normalized spacial score (nSPS) is 28.6. The third kappa shape index (κ3) is 7.18. The van der Waals surface area contributed by atoms with Gasteiger partial charge < -0.3 is 0 Å². The number of alkyl halides is 3. The van der Waals surface area contributed by atoms with Crippen LogP contribution in [0.1, 0.15) is 39.0 Å². The van der Waals surface area contributed by atoms with Crippen LogP contribution >= 0.6 is 0 Å². The molecule has 167 valence electrons. The van der Waals surface area contributed by atoms with Crippen molar-refractivity contribution < 1.29 is 32.7 Å². The number of carboxylic acid groups (broad SMARTS) is 1. The van der Waals surface area contributed by atoms with Crippen molar-refractivity contribution in [1.82, 2.24) is 0 Å². The third-order valence-electron chi connectivity index (χ3n) is 5.59. The quantitative estimate of drug-likeness (QED) is 0.441. The molecule has 0 heterocycles. The summed E-state index contributed by atoms with van der Waals surface area (Å²) in [6.45, 7) is 5.48. The van der Waals surface area contributed by atoms with Crippen LogP contribution in [0.3, 0.4) is 0 Å². The molecular weight excluding hydrogens is 476 g/mol. The molecule has 4 nitrogen and oxygen atoms in total. The number of allylic oxidation sites excluding steroid dienone is 8. The van der Waals surface area contributed by atoms with Crippen molar-refractivity contribution in [1.29, 1.82) is 0 Å². The van der Waals surface area contributed by atoms with E-state index in [1.807, 2.05) is 0 Å². The molecule has 0 saturated carbocycles. The monoisotopic (exact) mass is 501 g/mol. The van der Waals surface area contributed by atoms with Crippen molar-refractivity contribution in [2.24, 2.45) is 17.8 Å². The first-order chi connectivity index (χ1) is 14.4. The van der Waals surface area contributed by atoms with E-state index in [1.165, 1.54) is 18.2 Å². The molecule has 1 radical (unpaired) electrons. The topological polar surface area (TPSA) is 71.4 Å². The van der Waals surface area contributed by atoms with Crippen LogP contribution in [-0.2, 0) is 14.4 Å². The number of rotatable bonds is 5. The number of hydrogen-bond donors (Lipinski definition) is 1. The maximum absolute atomic E-state index is 12.8. The summed E-state index contributed by atoms with van der Waals surface area (Å²) >= 11 is 2.82. The summed E-state index contributed by atoms with van der Waals surface area (Å²) in [5.41, 5.74) is 0.0943. The molecule has 0 aromatic carbocycles. The van der Waals surface area contributed by atoms with Crippen LogP contribution in [0.5, 0.6) is 0 Å². The van der Waals surface area contributed by atoms with Crippen LogP contribution in [0.25, 0.3) is 0 Å². The molecule has 2 rings (SSSR count). The maximum atomic E-state index is 12.8. The van der Waals surface area contributed by atoms with Crippen molar-refractivity contribution in [2.45, 2.75) is 45.2 Å². The fourth-order valence-corrected chi connectivity index (χ4v) is 4.35. The molecular formula is C23H24F3O4Se. The first-order valence-electron chi connectivity index (χ1n) is 9.88. The van der Waals surface area contributed by atoms with Gasteiger partial charge in [-0.05, 0) is 0 Å². The van der Waals surface area contributed by atoms with Gasteiger partial charge in [-0.15, -0.1) is 0 Å². The van der Waals surface area contributed by atoms with Gasteiger partial charge in [0, 0.05) is 0 Å². The fourth-order valence-electron chi connectivity index (χ4n) is 3.73. The summed E-state index contributed by atoms with van der Waals surface area (Å²) in [5, 5.41) is 9.39. The van der Waals surface area contributed by atoms with Crippen molar-refractivity contribution in [3.8, 4) is 0 Å². The average molecular weight is 500 g/mol. The zero-order chi connectivity index (χ0) is 23.3. The van der Waals surface area contributed by atoms with Crippen LogP contribution in [0.15, 0.2) is 58.1 Å². The average Bonchev–Trinajstić information content (AvgIpc) is 2.68. The van der Waals surface area contributed by atoms with Crippen molar-refractivity contribution in [3.05, 3.63) is 58.1 Å². The molecule has 0 amide bonds. The number of ketones is 2. The SMILES string of the molecule is C=C(C(=O)O)[C@@H]1CC/C(C)=C/C(=O)/C=C(/[Se])[C@@H](CC(=O)C2C=CC(C(F)(F)F)=CC2)C1. The Morgan fingerprint density at radius 1 is 1.29 bits per heavy atom. The zero-order valence-corrected chi connectivity index (χ0v) is 18.8. The summed E-state index contributed by atoms with van der Waals surface area (Å²) in [5.74, 6) is -3.14. The molecule has 0 aliphatic heterocycles. The molecule has 31 heavy (non-hydrogen) atoms. The van der Waals surface area contributed by atoms with Crippen molar-refractivity contribution in [2.75, 3.05) is 0 Å². The molecule has 0 fully saturated rings. The predicted molar refractivity (Wildman–Crippen MR) is 111 cm³/mol. The molecule has 1 N–H and O–H groups in total. The molecule has 0 bridgehead atoms. The van der Waals surface area contributed by atoms with E-state index in [-0.39, 0.29) is 30.0 Å². The molecule has 0 aromatic heterocycles. The van der Waals surface area contributed by atoms with Crippen LogP contribution in [0.4, 0.5) is 13.2 Å². The van der Waals surface area contributed by atoms with E-state index in [4.69, 9.17) is 0 Å². The third-order valence-corrected chi connectivity index (χ3v) is 6.53. The fraction of sp³-hybridized carbons (Fsp3) is 0.435. The number of aliphatic carboxylic acids is 1. The Labute approximate surface area is 187 Å². The van der Waals surface area contributed by atoms with E-state index in [1.54, 1.807) is 6.92 Å². The van der Waals surface area contributed by atoms with Gasteiger partial charge in [0.25, 0.3) is 0 Å². The van der Waals surface area contributed by atoms with E-state index in [2.05, 4.69) is 22.6 Å². The van der Waals surface area contributed by atoms with E-state index < -0.39 is 35.5 Å². The van der Waals surface area contributed by atoms with Gasteiger partial charge in [-0.2, -0.15) is 0 Å². The van der Waals surface area contributed by atoms with E-state index >= 15 is 0 Å². The number of carbonyl (C=O) groups is 3. The Balaban J connectivity index is 2.23. The molecule has 0 saturated heterocycles. The second-order valence-electron chi connectivity index (χ2n) is 7.97. The Morgan fingerprint density at radius 2 is 1.97 bits per heavy atom. The van der Waals surface area contributed by atoms with Crippen molar-refractivity contribution >= 4 is 33.5 Å². The van der Waals surface area contributed by atoms with Gasteiger partial charge in [-0.25, -0.2) is 0 Å². The number of carboxylic acids is 1. The zero-order valence-electron chi connectivity index (χ0n) is 17.1. The van der Waals surface area contributed by atoms with Gasteiger partial charge in [0.1, 0.15) is 0 Å². The molecule has 8 heteroatoms. The van der Waals surface area contributed by atoms with Gasteiger partial charge in [0.05, 0.1) is 0 Å². The number of carbonyl (C=O) groups excluding carboxylic acids is 2. The minimum atomic E-state index is -4.45. The van der Waals surface area contributed by atoms with Gasteiger partial charge in [0.15, 0.2) is 0 Å². The summed E-state index contributed by atoms with van der Waals surface area (Å²) in [6.07, 6.45) is 2.85. The molecule has 0 aromatic rings. The van der Waals surface area contributed by atoms with Gasteiger partial charge >= 0.3 is 187 Å². The Kier molecular flexibility index (Phi) is 8.43.